The molecule has 1 unspecified atom stereocenters. The molecule has 0 aliphatic rings. The molecule has 0 saturated carbocycles. The monoisotopic (exact) mass is 201 g/mol. The quantitative estimate of drug-likeness (QED) is 0.684. The molecule has 2 heteroatoms. The van der Waals surface area contributed by atoms with E-state index in [1.54, 1.807) is 7.11 Å². The maximum absolute atomic E-state index is 5.20. The molecule has 0 aliphatic heterocycles. The second-order valence-corrected chi connectivity index (χ2v) is 5.20. The Labute approximate surface area is 89.4 Å². The Morgan fingerprint density at radius 2 is 1.86 bits per heavy atom. The Balaban J connectivity index is 3.93. The van der Waals surface area contributed by atoms with Crippen molar-refractivity contribution >= 4 is 0 Å². The van der Waals surface area contributed by atoms with Crippen LogP contribution in [0.4, 0.5) is 0 Å². The summed E-state index contributed by atoms with van der Waals surface area (Å²) in [7, 11) is 1.77. The van der Waals surface area contributed by atoms with Crippen LogP contribution < -0.4 is 5.32 Å². The van der Waals surface area contributed by atoms with E-state index < -0.39 is 0 Å². The molecule has 1 N–H and O–H groups in total. The Morgan fingerprint density at radius 1 is 1.29 bits per heavy atom. The Morgan fingerprint density at radius 3 is 2.21 bits per heavy atom. The lowest BCUT2D eigenvalue weighted by molar-refractivity contribution is 0.139. The van der Waals surface area contributed by atoms with Crippen LogP contribution in [-0.2, 0) is 4.74 Å². The van der Waals surface area contributed by atoms with Gasteiger partial charge in [-0.3, -0.25) is 0 Å². The van der Waals surface area contributed by atoms with Gasteiger partial charge in [0.1, 0.15) is 0 Å². The fourth-order valence-corrected chi connectivity index (χ4v) is 1.20. The zero-order valence-corrected chi connectivity index (χ0v) is 10.7. The summed E-state index contributed by atoms with van der Waals surface area (Å²) in [5, 5.41) is 3.59. The van der Waals surface area contributed by atoms with Crippen molar-refractivity contribution < 1.29 is 4.74 Å². The highest BCUT2D eigenvalue weighted by atomic mass is 16.5. The number of ether oxygens (including phenoxy) is 1. The van der Waals surface area contributed by atoms with E-state index in [0.29, 0.717) is 17.4 Å². The van der Waals surface area contributed by atoms with Gasteiger partial charge in [-0.2, -0.15) is 0 Å². The number of hydrogen-bond acceptors (Lipinski definition) is 2. The lowest BCUT2D eigenvalue weighted by atomic mass is 9.89. The van der Waals surface area contributed by atoms with Crippen molar-refractivity contribution in [3.8, 4) is 0 Å². The van der Waals surface area contributed by atoms with E-state index >= 15 is 0 Å². The van der Waals surface area contributed by atoms with Crippen molar-refractivity contribution in [1.82, 2.24) is 5.32 Å². The van der Waals surface area contributed by atoms with E-state index in [-0.39, 0.29) is 0 Å². The molecule has 2 nitrogen and oxygen atoms in total. The molecule has 0 saturated heterocycles. The van der Waals surface area contributed by atoms with E-state index in [4.69, 9.17) is 4.74 Å². The minimum Gasteiger partial charge on any atom is -0.383 e. The minimum absolute atomic E-state index is 0.390. The first-order valence-corrected chi connectivity index (χ1v) is 5.65. The summed E-state index contributed by atoms with van der Waals surface area (Å²) in [4.78, 5) is 0. The third-order valence-electron chi connectivity index (χ3n) is 2.95. The van der Waals surface area contributed by atoms with E-state index in [0.717, 1.165) is 13.2 Å². The van der Waals surface area contributed by atoms with Gasteiger partial charge in [-0.15, -0.1) is 0 Å². The molecule has 0 spiro atoms. The highest BCUT2D eigenvalue weighted by molar-refractivity contribution is 4.76. The van der Waals surface area contributed by atoms with Gasteiger partial charge in [-0.25, -0.2) is 0 Å². The molecule has 0 bridgehead atoms. The average molecular weight is 201 g/mol. The van der Waals surface area contributed by atoms with E-state index in [1.807, 2.05) is 0 Å². The van der Waals surface area contributed by atoms with Gasteiger partial charge in [-0.05, 0) is 17.8 Å². The van der Waals surface area contributed by atoms with E-state index in [2.05, 4.69) is 39.9 Å². The maximum Gasteiger partial charge on any atom is 0.0618 e. The molecule has 1 atom stereocenters. The highest BCUT2D eigenvalue weighted by Crippen LogP contribution is 2.18. The molecule has 0 aromatic heterocycles. The van der Waals surface area contributed by atoms with Crippen LogP contribution in [0.2, 0.25) is 0 Å². The summed E-state index contributed by atoms with van der Waals surface area (Å²) in [6, 6.07) is 0.478. The first-order chi connectivity index (χ1) is 6.43. The highest BCUT2D eigenvalue weighted by Gasteiger charge is 2.19. The smallest absolute Gasteiger partial charge is 0.0618 e. The van der Waals surface area contributed by atoms with Gasteiger partial charge in [0.05, 0.1) is 6.61 Å². The third kappa shape index (κ3) is 5.61. The predicted octanol–water partition coefficient (Wildman–Crippen LogP) is 2.68. The number of nitrogens with one attached hydrogen (secondary N) is 1. The molecule has 0 heterocycles. The molecule has 86 valence electrons. The van der Waals surface area contributed by atoms with Crippen molar-refractivity contribution in [2.75, 3.05) is 20.3 Å². The van der Waals surface area contributed by atoms with Crippen LogP contribution in [0.3, 0.4) is 0 Å². The average Bonchev–Trinajstić information content (AvgIpc) is 2.12. The first-order valence-electron chi connectivity index (χ1n) is 5.65. The van der Waals surface area contributed by atoms with Crippen LogP contribution in [0.1, 0.15) is 41.0 Å². The molecular formula is C12H27NO. The summed E-state index contributed by atoms with van der Waals surface area (Å²) in [5.74, 6) is 0.627. The zero-order valence-electron chi connectivity index (χ0n) is 10.7. The SMILES string of the molecule is CCC(C)(C)CNC(COC)C(C)C. The van der Waals surface area contributed by atoms with Crippen LogP contribution in [0, 0.1) is 11.3 Å². The zero-order chi connectivity index (χ0) is 11.2. The largest absolute Gasteiger partial charge is 0.383 e. The molecular weight excluding hydrogens is 174 g/mol. The van der Waals surface area contributed by atoms with Crippen molar-refractivity contribution in [2.45, 2.75) is 47.1 Å². The molecule has 0 fully saturated rings. The molecule has 14 heavy (non-hydrogen) atoms. The van der Waals surface area contributed by atoms with Crippen LogP contribution in [0.5, 0.6) is 0 Å². The lowest BCUT2D eigenvalue weighted by Gasteiger charge is -2.28. The molecule has 0 rings (SSSR count). The van der Waals surface area contributed by atoms with Crippen LogP contribution >= 0.6 is 0 Å². The van der Waals surface area contributed by atoms with Crippen molar-refractivity contribution in [1.29, 1.82) is 0 Å². The van der Waals surface area contributed by atoms with Gasteiger partial charge in [0.25, 0.3) is 0 Å². The summed E-state index contributed by atoms with van der Waals surface area (Å²) >= 11 is 0. The van der Waals surface area contributed by atoms with E-state index in [9.17, 15) is 0 Å². The molecule has 0 aromatic rings. The van der Waals surface area contributed by atoms with Crippen LogP contribution in [-0.4, -0.2) is 26.3 Å². The van der Waals surface area contributed by atoms with Crippen LogP contribution in [0.25, 0.3) is 0 Å². The predicted molar refractivity (Wildman–Crippen MR) is 62.6 cm³/mol. The van der Waals surface area contributed by atoms with Gasteiger partial charge in [0, 0.05) is 19.7 Å². The maximum atomic E-state index is 5.20. The minimum atomic E-state index is 0.390. The molecule has 0 aliphatic carbocycles. The van der Waals surface area contributed by atoms with Gasteiger partial charge < -0.3 is 10.1 Å². The summed E-state index contributed by atoms with van der Waals surface area (Å²) in [6.45, 7) is 13.2. The van der Waals surface area contributed by atoms with Crippen molar-refractivity contribution in [3.63, 3.8) is 0 Å². The second kappa shape index (κ2) is 6.41. The Hall–Kier alpha value is -0.0800. The Kier molecular flexibility index (Phi) is 6.38. The number of rotatable bonds is 7. The first kappa shape index (κ1) is 13.9. The number of methoxy groups -OCH3 is 1. The fourth-order valence-electron chi connectivity index (χ4n) is 1.20. The Bertz CT molecular complexity index is 143. The fraction of sp³-hybridized carbons (Fsp3) is 1.00. The summed E-state index contributed by atoms with van der Waals surface area (Å²) < 4.78 is 5.20. The molecule has 0 radical (unpaired) electrons. The third-order valence-corrected chi connectivity index (χ3v) is 2.95. The van der Waals surface area contributed by atoms with Crippen molar-refractivity contribution in [2.24, 2.45) is 11.3 Å². The second-order valence-electron chi connectivity index (χ2n) is 5.20. The number of hydrogen-bond donors (Lipinski definition) is 1. The molecule has 0 aromatic carbocycles. The normalized spacial score (nSPS) is 14.8. The summed E-state index contributed by atoms with van der Waals surface area (Å²) in [5.41, 5.74) is 0.390. The lowest BCUT2D eigenvalue weighted by Crippen LogP contribution is -2.42. The van der Waals surface area contributed by atoms with Crippen molar-refractivity contribution in [3.05, 3.63) is 0 Å². The van der Waals surface area contributed by atoms with Gasteiger partial charge in [0.2, 0.25) is 0 Å². The van der Waals surface area contributed by atoms with Gasteiger partial charge >= 0.3 is 0 Å². The molecule has 0 amide bonds. The van der Waals surface area contributed by atoms with Gasteiger partial charge in [-0.1, -0.05) is 34.6 Å². The van der Waals surface area contributed by atoms with Gasteiger partial charge in [0.15, 0.2) is 0 Å². The standard InChI is InChI=1S/C12H27NO/c1-7-12(4,5)9-13-11(8-14-6)10(2)3/h10-11,13H,7-9H2,1-6H3. The summed E-state index contributed by atoms with van der Waals surface area (Å²) in [6.07, 6.45) is 1.21. The van der Waals surface area contributed by atoms with E-state index in [1.165, 1.54) is 6.42 Å². The topological polar surface area (TPSA) is 21.3 Å². The van der Waals surface area contributed by atoms with Crippen LogP contribution in [0.15, 0.2) is 0 Å².